The van der Waals surface area contributed by atoms with Crippen LogP contribution < -0.4 is 10.0 Å². The topological polar surface area (TPSA) is 69.7 Å². The molecule has 2 fully saturated rings. The number of rotatable bonds is 2. The summed E-state index contributed by atoms with van der Waals surface area (Å²) in [6.45, 7) is 0.314. The average molecular weight is 305 g/mol. The van der Waals surface area contributed by atoms with Crippen LogP contribution in [0.5, 0.6) is 0 Å². The van der Waals surface area contributed by atoms with E-state index in [4.69, 9.17) is 16.3 Å². The third-order valence-electron chi connectivity index (χ3n) is 4.51. The Hall–Kier alpha value is -1.85. The Kier molecular flexibility index (Phi) is 2.50. The second-order valence-corrected chi connectivity index (χ2v) is 6.06. The van der Waals surface area contributed by atoms with E-state index in [0.29, 0.717) is 17.3 Å². The molecule has 108 valence electrons. The zero-order chi connectivity index (χ0) is 14.8. The number of nitrogens with zero attached hydrogens (tertiary/aromatic N) is 1. The number of hydrogen-bond acceptors (Lipinski definition) is 4. The van der Waals surface area contributed by atoms with Gasteiger partial charge in [-0.1, -0.05) is 23.8 Å². The molecule has 0 radical (unpaired) electrons. The number of ether oxygens (including phenoxy) is 1. The van der Waals surface area contributed by atoms with Crippen molar-refractivity contribution in [1.82, 2.24) is 0 Å². The predicted octanol–water partition coefficient (Wildman–Crippen LogP) is 0.376. The van der Waals surface area contributed by atoms with E-state index in [1.165, 1.54) is 0 Å². The minimum atomic E-state index is -1.23. The van der Waals surface area contributed by atoms with Gasteiger partial charge in [-0.15, -0.1) is 0 Å². The van der Waals surface area contributed by atoms with E-state index in [1.54, 1.807) is 35.2 Å². The highest BCUT2D eigenvalue weighted by Gasteiger charge is 2.65. The van der Waals surface area contributed by atoms with Crippen LogP contribution in [-0.4, -0.2) is 30.1 Å². The van der Waals surface area contributed by atoms with Gasteiger partial charge in [0.05, 0.1) is 18.6 Å². The molecule has 2 bridgehead atoms. The van der Waals surface area contributed by atoms with Crippen LogP contribution in [0.3, 0.4) is 0 Å². The molecule has 0 aliphatic carbocycles. The summed E-state index contributed by atoms with van der Waals surface area (Å²) in [6, 6.07) is 6.87. The van der Waals surface area contributed by atoms with E-state index >= 15 is 0 Å². The summed E-state index contributed by atoms with van der Waals surface area (Å²) < 4.78 is 5.78. The summed E-state index contributed by atoms with van der Waals surface area (Å²) in [6.07, 6.45) is 2.97. The van der Waals surface area contributed by atoms with E-state index in [1.807, 2.05) is 6.08 Å². The zero-order valence-corrected chi connectivity index (χ0v) is 11.6. The number of hydrogen-bond donors (Lipinski definition) is 0. The highest BCUT2D eigenvalue weighted by molar-refractivity contribution is 6.30. The molecule has 21 heavy (non-hydrogen) atoms. The molecule has 0 unspecified atom stereocenters. The molecule has 1 aromatic rings. The third kappa shape index (κ3) is 1.61. The molecular formula is C15H11ClNO4-. The van der Waals surface area contributed by atoms with Gasteiger partial charge in [-0.2, -0.15) is 0 Å². The average Bonchev–Trinajstić information content (AvgIpc) is 3.08. The molecule has 3 aliphatic rings. The van der Waals surface area contributed by atoms with Crippen LogP contribution in [0.25, 0.3) is 0 Å². The van der Waals surface area contributed by atoms with Crippen LogP contribution >= 0.6 is 11.6 Å². The van der Waals surface area contributed by atoms with Crippen molar-refractivity contribution < 1.29 is 19.4 Å². The Morgan fingerprint density at radius 1 is 1.38 bits per heavy atom. The summed E-state index contributed by atoms with van der Waals surface area (Å²) in [7, 11) is 0. The number of amides is 1. The standard InChI is InChI=1S/C15H12ClNO4/c16-8-1-3-9(4-2-8)17-7-15-6-5-10(21-15)11(14(19)20)12(15)13(17)18/h1-6,10-12H,7H2,(H,19,20)/p-1/t10-,11+,12-,15+/m1/s1. The van der Waals surface area contributed by atoms with Gasteiger partial charge in [0, 0.05) is 22.6 Å². The first-order valence-corrected chi connectivity index (χ1v) is 7.05. The maximum Gasteiger partial charge on any atom is 0.234 e. The highest BCUT2D eigenvalue weighted by atomic mass is 35.5. The fourth-order valence-corrected chi connectivity index (χ4v) is 3.73. The van der Waals surface area contributed by atoms with Crippen LogP contribution in [0.2, 0.25) is 5.02 Å². The SMILES string of the molecule is O=C([O-])[C@H]1[C@H]2C=C[C@@]3(CN(c4ccc(Cl)cc4)C(=O)[C@@H]13)O2. The van der Waals surface area contributed by atoms with Crippen LogP contribution in [0.4, 0.5) is 5.69 Å². The van der Waals surface area contributed by atoms with Crippen LogP contribution in [0, 0.1) is 11.8 Å². The Morgan fingerprint density at radius 2 is 2.10 bits per heavy atom. The van der Waals surface area contributed by atoms with Crippen LogP contribution in [-0.2, 0) is 14.3 Å². The molecule has 6 heteroatoms. The molecule has 4 atom stereocenters. The molecule has 3 heterocycles. The van der Waals surface area contributed by atoms with Crippen molar-refractivity contribution in [3.8, 4) is 0 Å². The molecule has 0 N–H and O–H groups in total. The van der Waals surface area contributed by atoms with Crippen LogP contribution in [0.15, 0.2) is 36.4 Å². The van der Waals surface area contributed by atoms with Crippen molar-refractivity contribution >= 4 is 29.2 Å². The lowest BCUT2D eigenvalue weighted by Gasteiger charge is -2.24. The number of carboxylic acids is 1. The van der Waals surface area contributed by atoms with Crippen molar-refractivity contribution in [2.45, 2.75) is 11.7 Å². The fraction of sp³-hybridized carbons (Fsp3) is 0.333. The number of halogens is 1. The molecule has 0 saturated carbocycles. The van der Waals surface area contributed by atoms with Gasteiger partial charge in [-0.25, -0.2) is 0 Å². The molecule has 5 nitrogen and oxygen atoms in total. The number of aliphatic carboxylic acids is 1. The Bertz CT molecular complexity index is 671. The lowest BCUT2D eigenvalue weighted by molar-refractivity contribution is -0.313. The van der Waals surface area contributed by atoms with E-state index in [-0.39, 0.29) is 5.91 Å². The fourth-order valence-electron chi connectivity index (χ4n) is 3.61. The number of carbonyl (C=O) groups is 2. The maximum atomic E-state index is 12.7. The Labute approximate surface area is 125 Å². The molecule has 1 spiro atoms. The molecule has 0 aromatic heterocycles. The van der Waals surface area contributed by atoms with Gasteiger partial charge in [0.15, 0.2) is 0 Å². The van der Waals surface area contributed by atoms with Gasteiger partial charge in [-0.3, -0.25) is 4.79 Å². The second kappa shape index (κ2) is 4.08. The van der Waals surface area contributed by atoms with Crippen molar-refractivity contribution in [2.75, 3.05) is 11.4 Å². The summed E-state index contributed by atoms with van der Waals surface area (Å²) >= 11 is 5.85. The summed E-state index contributed by atoms with van der Waals surface area (Å²) in [5.41, 5.74) is -0.155. The Balaban J connectivity index is 1.73. The third-order valence-corrected chi connectivity index (χ3v) is 4.76. The van der Waals surface area contributed by atoms with Gasteiger partial charge in [0.25, 0.3) is 0 Å². The summed E-state index contributed by atoms with van der Waals surface area (Å²) in [4.78, 5) is 25.6. The minimum absolute atomic E-state index is 0.238. The maximum absolute atomic E-state index is 12.7. The number of fused-ring (bicyclic) bond motifs is 1. The summed E-state index contributed by atoms with van der Waals surface area (Å²) in [5.74, 6) is -3.10. The Morgan fingerprint density at radius 3 is 2.76 bits per heavy atom. The van der Waals surface area contributed by atoms with Crippen molar-refractivity contribution in [3.05, 3.63) is 41.4 Å². The first-order chi connectivity index (χ1) is 10.0. The lowest BCUT2D eigenvalue weighted by atomic mass is 9.77. The molecule has 1 amide bonds. The predicted molar refractivity (Wildman–Crippen MR) is 72.5 cm³/mol. The largest absolute Gasteiger partial charge is 0.550 e. The number of benzene rings is 1. The monoisotopic (exact) mass is 304 g/mol. The smallest absolute Gasteiger partial charge is 0.234 e. The molecule has 1 aromatic carbocycles. The second-order valence-electron chi connectivity index (χ2n) is 5.62. The van der Waals surface area contributed by atoms with Gasteiger partial charge in [0.2, 0.25) is 5.91 Å². The highest BCUT2D eigenvalue weighted by Crippen LogP contribution is 2.52. The van der Waals surface area contributed by atoms with Crippen molar-refractivity contribution in [1.29, 1.82) is 0 Å². The van der Waals surface area contributed by atoms with E-state index < -0.39 is 29.5 Å². The van der Waals surface area contributed by atoms with Crippen molar-refractivity contribution in [3.63, 3.8) is 0 Å². The quantitative estimate of drug-likeness (QED) is 0.741. The lowest BCUT2D eigenvalue weighted by Crippen LogP contribution is -2.45. The first-order valence-electron chi connectivity index (χ1n) is 6.67. The zero-order valence-electron chi connectivity index (χ0n) is 10.9. The molecular weight excluding hydrogens is 294 g/mol. The number of carboxylic acid groups (broad SMARTS) is 1. The number of carbonyl (C=O) groups excluding carboxylic acids is 2. The van der Waals surface area contributed by atoms with Gasteiger partial charge < -0.3 is 19.5 Å². The molecule has 2 saturated heterocycles. The molecule has 4 rings (SSSR count). The van der Waals surface area contributed by atoms with Crippen molar-refractivity contribution in [2.24, 2.45) is 11.8 Å². The normalized spacial score (nSPS) is 36.3. The number of anilines is 1. The van der Waals surface area contributed by atoms with Crippen LogP contribution in [0.1, 0.15) is 0 Å². The molecule has 3 aliphatic heterocycles. The van der Waals surface area contributed by atoms with E-state index in [0.717, 1.165) is 0 Å². The van der Waals surface area contributed by atoms with Gasteiger partial charge in [-0.05, 0) is 24.3 Å². The first kappa shape index (κ1) is 12.9. The summed E-state index contributed by atoms with van der Waals surface area (Å²) in [5, 5.41) is 11.9. The minimum Gasteiger partial charge on any atom is -0.550 e. The van der Waals surface area contributed by atoms with E-state index in [2.05, 4.69) is 0 Å². The van der Waals surface area contributed by atoms with Gasteiger partial charge >= 0.3 is 0 Å². The van der Waals surface area contributed by atoms with E-state index in [9.17, 15) is 14.7 Å². The van der Waals surface area contributed by atoms with Gasteiger partial charge in [0.1, 0.15) is 5.60 Å².